The number of hydrogen-bond acceptors (Lipinski definition) is 4. The maximum Gasteiger partial charge on any atom is 0.259 e. The largest absolute Gasteiger partial charge is 0.415 e. The van der Waals surface area contributed by atoms with Gasteiger partial charge in [-0.3, -0.25) is 0 Å². The van der Waals surface area contributed by atoms with E-state index in [1.54, 1.807) is 18.2 Å². The summed E-state index contributed by atoms with van der Waals surface area (Å²) in [7, 11) is 0. The fourth-order valence-electron chi connectivity index (χ4n) is 1.47. The lowest BCUT2D eigenvalue weighted by Gasteiger charge is -1.94. The molecule has 3 rings (SSSR count). The van der Waals surface area contributed by atoms with Gasteiger partial charge in [-0.25, -0.2) is 0 Å². The SMILES string of the molecule is Clc1ccc(-c2nnc(-c3sccc3Cl)o2)cc1. The zero-order valence-electron chi connectivity index (χ0n) is 8.93. The molecule has 3 aromatic rings. The van der Waals surface area contributed by atoms with E-state index in [1.165, 1.54) is 11.3 Å². The smallest absolute Gasteiger partial charge is 0.259 e. The molecule has 90 valence electrons. The Morgan fingerprint density at radius 1 is 0.944 bits per heavy atom. The van der Waals surface area contributed by atoms with Gasteiger partial charge in [-0.05, 0) is 35.7 Å². The second kappa shape index (κ2) is 4.72. The summed E-state index contributed by atoms with van der Waals surface area (Å²) in [5, 5.41) is 11.2. The summed E-state index contributed by atoms with van der Waals surface area (Å²) in [5.41, 5.74) is 0.825. The van der Waals surface area contributed by atoms with Crippen molar-refractivity contribution < 1.29 is 4.42 Å². The Balaban J connectivity index is 1.99. The highest BCUT2D eigenvalue weighted by atomic mass is 35.5. The number of rotatable bonds is 2. The molecule has 0 bridgehead atoms. The molecular formula is C12H6Cl2N2OS. The maximum absolute atomic E-state index is 6.02. The highest BCUT2D eigenvalue weighted by Crippen LogP contribution is 2.33. The van der Waals surface area contributed by atoms with Gasteiger partial charge >= 0.3 is 0 Å². The zero-order valence-corrected chi connectivity index (χ0v) is 11.3. The molecule has 0 aliphatic carbocycles. The molecule has 2 aromatic heterocycles. The van der Waals surface area contributed by atoms with Crippen molar-refractivity contribution in [3.05, 3.63) is 45.8 Å². The fraction of sp³-hybridized carbons (Fsp3) is 0. The predicted octanol–water partition coefficient (Wildman–Crippen LogP) is 4.77. The van der Waals surface area contributed by atoms with Crippen LogP contribution in [-0.2, 0) is 0 Å². The molecular weight excluding hydrogens is 291 g/mol. The monoisotopic (exact) mass is 296 g/mol. The van der Waals surface area contributed by atoms with Crippen LogP contribution in [0.2, 0.25) is 10.0 Å². The minimum atomic E-state index is 0.431. The van der Waals surface area contributed by atoms with Crippen molar-refractivity contribution in [2.75, 3.05) is 0 Å². The molecule has 0 unspecified atom stereocenters. The van der Waals surface area contributed by atoms with Crippen LogP contribution in [0.15, 0.2) is 40.1 Å². The second-order valence-electron chi connectivity index (χ2n) is 3.52. The summed E-state index contributed by atoms with van der Waals surface area (Å²) < 4.78 is 5.60. The molecule has 0 aliphatic heterocycles. The Labute approximate surface area is 117 Å². The molecule has 0 amide bonds. The number of hydrogen-bond donors (Lipinski definition) is 0. The summed E-state index contributed by atoms with van der Waals surface area (Å²) in [6, 6.07) is 9.01. The van der Waals surface area contributed by atoms with Crippen molar-refractivity contribution in [1.82, 2.24) is 10.2 Å². The van der Waals surface area contributed by atoms with E-state index in [1.807, 2.05) is 17.5 Å². The molecule has 3 nitrogen and oxygen atoms in total. The number of halogens is 2. The van der Waals surface area contributed by atoms with E-state index in [0.29, 0.717) is 21.8 Å². The molecule has 18 heavy (non-hydrogen) atoms. The first-order valence-corrected chi connectivity index (χ1v) is 6.70. The van der Waals surface area contributed by atoms with Crippen LogP contribution in [0, 0.1) is 0 Å². The Morgan fingerprint density at radius 2 is 1.67 bits per heavy atom. The van der Waals surface area contributed by atoms with Crippen molar-refractivity contribution in [3.8, 4) is 22.2 Å². The first kappa shape index (κ1) is 11.7. The molecule has 0 saturated heterocycles. The molecule has 0 atom stereocenters. The van der Waals surface area contributed by atoms with Crippen LogP contribution in [0.4, 0.5) is 0 Å². The van der Waals surface area contributed by atoms with Crippen LogP contribution >= 0.6 is 34.5 Å². The van der Waals surface area contributed by atoms with Gasteiger partial charge in [0, 0.05) is 10.6 Å². The highest BCUT2D eigenvalue weighted by Gasteiger charge is 2.14. The molecule has 6 heteroatoms. The summed E-state index contributed by atoms with van der Waals surface area (Å²) in [5.74, 6) is 0.881. The van der Waals surface area contributed by atoms with Crippen LogP contribution in [0.5, 0.6) is 0 Å². The Kier molecular flexibility index (Phi) is 3.07. The van der Waals surface area contributed by atoms with E-state index in [9.17, 15) is 0 Å². The third-order valence-corrected chi connectivity index (χ3v) is 3.91. The Hall–Kier alpha value is -1.36. The number of nitrogens with zero attached hydrogens (tertiary/aromatic N) is 2. The van der Waals surface area contributed by atoms with Crippen molar-refractivity contribution in [3.63, 3.8) is 0 Å². The summed E-state index contributed by atoms with van der Waals surface area (Å²) in [6.07, 6.45) is 0. The predicted molar refractivity (Wildman–Crippen MR) is 73.1 cm³/mol. The molecule has 1 aromatic carbocycles. The molecule has 0 saturated carbocycles. The summed E-state index contributed by atoms with van der Waals surface area (Å²) in [4.78, 5) is 0.782. The molecule has 0 radical (unpaired) electrons. The third-order valence-electron chi connectivity index (χ3n) is 2.33. The van der Waals surface area contributed by atoms with Crippen molar-refractivity contribution in [2.45, 2.75) is 0 Å². The van der Waals surface area contributed by atoms with E-state index in [2.05, 4.69) is 10.2 Å². The van der Waals surface area contributed by atoms with Gasteiger partial charge in [0.15, 0.2) is 0 Å². The van der Waals surface area contributed by atoms with Gasteiger partial charge in [0.1, 0.15) is 4.88 Å². The van der Waals surface area contributed by atoms with Crippen LogP contribution in [-0.4, -0.2) is 10.2 Å². The number of aromatic nitrogens is 2. The quantitative estimate of drug-likeness (QED) is 0.683. The topological polar surface area (TPSA) is 38.9 Å². The minimum Gasteiger partial charge on any atom is -0.415 e. The summed E-state index contributed by atoms with van der Waals surface area (Å²) in [6.45, 7) is 0. The summed E-state index contributed by atoms with van der Waals surface area (Å²) >= 11 is 13.3. The standard InChI is InChI=1S/C12H6Cl2N2OS/c13-8-3-1-7(2-4-8)11-15-16-12(17-11)10-9(14)5-6-18-10/h1-6H. The number of benzene rings is 1. The van der Waals surface area contributed by atoms with Gasteiger partial charge in [0.2, 0.25) is 5.89 Å². The van der Waals surface area contributed by atoms with Gasteiger partial charge in [0.25, 0.3) is 5.89 Å². The van der Waals surface area contributed by atoms with Crippen LogP contribution in [0.25, 0.3) is 22.2 Å². The van der Waals surface area contributed by atoms with Gasteiger partial charge in [-0.15, -0.1) is 21.5 Å². The second-order valence-corrected chi connectivity index (χ2v) is 5.28. The third kappa shape index (κ3) is 2.14. The highest BCUT2D eigenvalue weighted by molar-refractivity contribution is 7.14. The van der Waals surface area contributed by atoms with Gasteiger partial charge in [-0.2, -0.15) is 0 Å². The van der Waals surface area contributed by atoms with Crippen LogP contribution in [0.3, 0.4) is 0 Å². The van der Waals surface area contributed by atoms with Crippen molar-refractivity contribution in [1.29, 1.82) is 0 Å². The normalized spacial score (nSPS) is 10.8. The fourth-order valence-corrected chi connectivity index (χ4v) is 2.65. The van der Waals surface area contributed by atoms with Crippen LogP contribution in [0.1, 0.15) is 0 Å². The molecule has 0 N–H and O–H groups in total. The van der Waals surface area contributed by atoms with Gasteiger partial charge in [0.05, 0.1) is 5.02 Å². The molecule has 0 aliphatic rings. The molecule has 0 fully saturated rings. The van der Waals surface area contributed by atoms with Gasteiger partial charge in [-0.1, -0.05) is 23.2 Å². The van der Waals surface area contributed by atoms with E-state index >= 15 is 0 Å². The maximum atomic E-state index is 6.02. The molecule has 2 heterocycles. The van der Waals surface area contributed by atoms with E-state index < -0.39 is 0 Å². The van der Waals surface area contributed by atoms with Crippen LogP contribution < -0.4 is 0 Å². The first-order valence-electron chi connectivity index (χ1n) is 5.07. The van der Waals surface area contributed by atoms with Crippen molar-refractivity contribution >= 4 is 34.5 Å². The van der Waals surface area contributed by atoms with E-state index in [0.717, 1.165) is 10.4 Å². The lowest BCUT2D eigenvalue weighted by molar-refractivity contribution is 0.586. The molecule has 0 spiro atoms. The first-order chi connectivity index (χ1) is 8.74. The van der Waals surface area contributed by atoms with E-state index in [-0.39, 0.29) is 0 Å². The lowest BCUT2D eigenvalue weighted by Crippen LogP contribution is -1.76. The Morgan fingerprint density at radius 3 is 2.33 bits per heavy atom. The number of thiophene rings is 1. The average molecular weight is 297 g/mol. The minimum absolute atomic E-state index is 0.431. The lowest BCUT2D eigenvalue weighted by atomic mass is 10.2. The zero-order chi connectivity index (χ0) is 12.5. The van der Waals surface area contributed by atoms with E-state index in [4.69, 9.17) is 27.6 Å². The van der Waals surface area contributed by atoms with Gasteiger partial charge < -0.3 is 4.42 Å². The Bertz CT molecular complexity index is 675. The average Bonchev–Trinajstić information content (AvgIpc) is 2.98. The van der Waals surface area contributed by atoms with Crippen molar-refractivity contribution in [2.24, 2.45) is 0 Å².